The van der Waals surface area contributed by atoms with Gasteiger partial charge in [0.2, 0.25) is 5.91 Å². The van der Waals surface area contributed by atoms with Gasteiger partial charge >= 0.3 is 0 Å². The molecule has 0 bridgehead atoms. The first-order chi connectivity index (χ1) is 14.6. The maximum absolute atomic E-state index is 13.3. The van der Waals surface area contributed by atoms with E-state index in [1.54, 1.807) is 30.3 Å². The molecule has 0 N–H and O–H groups in total. The Morgan fingerprint density at radius 3 is 2.39 bits per heavy atom. The number of nitro groups is 1. The molecule has 4 rings (SSSR count). The number of allylic oxidation sites excluding steroid dienone is 2. The summed E-state index contributed by atoms with van der Waals surface area (Å²) in [7, 11) is 0. The van der Waals surface area contributed by atoms with Crippen molar-refractivity contribution in [3.63, 3.8) is 0 Å². The summed E-state index contributed by atoms with van der Waals surface area (Å²) in [6, 6.07) is 11.0. The number of nitrogens with zero attached hydrogens (tertiary/aromatic N) is 2. The molecule has 2 aliphatic rings. The normalized spacial score (nSPS) is 20.6. The minimum atomic E-state index is -0.489. The van der Waals surface area contributed by atoms with Gasteiger partial charge in [-0.2, -0.15) is 0 Å². The van der Waals surface area contributed by atoms with E-state index in [0.717, 1.165) is 0 Å². The number of amides is 1. The zero-order valence-corrected chi connectivity index (χ0v) is 18.5. The van der Waals surface area contributed by atoms with Crippen LogP contribution in [0.25, 0.3) is 0 Å². The third kappa shape index (κ3) is 3.86. The second-order valence-electron chi connectivity index (χ2n) is 8.70. The Kier molecular flexibility index (Phi) is 5.40. The molecule has 1 unspecified atom stereocenters. The Bertz CT molecular complexity index is 1140. The number of nitro benzene ring substituents is 1. The fourth-order valence-electron chi connectivity index (χ4n) is 4.49. The molecular weight excluding hydrogens is 439 g/mol. The predicted octanol–water partition coefficient (Wildman–Crippen LogP) is 6.07. The molecule has 0 fully saturated rings. The molecule has 1 amide bonds. The quantitative estimate of drug-likeness (QED) is 0.413. The van der Waals surface area contributed by atoms with Gasteiger partial charge in [-0.1, -0.05) is 49.2 Å². The molecule has 31 heavy (non-hydrogen) atoms. The molecular formula is C23H20Cl2N2O4. The lowest BCUT2D eigenvalue weighted by Crippen LogP contribution is -2.43. The molecule has 1 atom stereocenters. The first-order valence-corrected chi connectivity index (χ1v) is 10.6. The lowest BCUT2D eigenvalue weighted by Gasteiger charge is -2.43. The van der Waals surface area contributed by atoms with Crippen molar-refractivity contribution in [1.82, 2.24) is 0 Å². The van der Waals surface area contributed by atoms with Crippen LogP contribution in [0.3, 0.4) is 0 Å². The molecule has 1 aliphatic carbocycles. The van der Waals surface area contributed by atoms with Crippen LogP contribution in [0.2, 0.25) is 10.0 Å². The molecule has 2 aromatic rings. The fraction of sp³-hybridized carbons (Fsp3) is 0.304. The number of carbonyl (C=O) groups is 2. The van der Waals surface area contributed by atoms with E-state index in [-0.39, 0.29) is 29.2 Å². The van der Waals surface area contributed by atoms with E-state index < -0.39 is 10.8 Å². The molecule has 0 spiro atoms. The largest absolute Gasteiger partial charge is 0.294 e. The van der Waals surface area contributed by atoms with Crippen molar-refractivity contribution in [3.05, 3.63) is 79.5 Å². The van der Waals surface area contributed by atoms with Crippen LogP contribution in [0.1, 0.15) is 44.6 Å². The predicted molar refractivity (Wildman–Crippen MR) is 119 cm³/mol. The van der Waals surface area contributed by atoms with Gasteiger partial charge in [-0.3, -0.25) is 24.6 Å². The van der Waals surface area contributed by atoms with Crippen molar-refractivity contribution in [2.75, 3.05) is 4.90 Å². The van der Waals surface area contributed by atoms with Crippen LogP contribution in [0.4, 0.5) is 11.4 Å². The van der Waals surface area contributed by atoms with E-state index in [1.165, 1.54) is 17.0 Å². The molecule has 8 heteroatoms. The Balaban J connectivity index is 1.89. The summed E-state index contributed by atoms with van der Waals surface area (Å²) in [6.45, 7) is 3.98. The number of hydrogen-bond acceptors (Lipinski definition) is 4. The maximum atomic E-state index is 13.3. The van der Waals surface area contributed by atoms with Gasteiger partial charge in [0, 0.05) is 47.8 Å². The highest BCUT2D eigenvalue weighted by atomic mass is 35.5. The highest BCUT2D eigenvalue weighted by molar-refractivity contribution is 6.42. The van der Waals surface area contributed by atoms with E-state index in [4.69, 9.17) is 23.2 Å². The molecule has 1 heterocycles. The number of halogens is 2. The Morgan fingerprint density at radius 2 is 1.74 bits per heavy atom. The fourth-order valence-corrected chi connectivity index (χ4v) is 4.93. The zero-order valence-electron chi connectivity index (χ0n) is 17.0. The molecule has 0 radical (unpaired) electrons. The van der Waals surface area contributed by atoms with Gasteiger partial charge in [0.05, 0.1) is 15.0 Å². The van der Waals surface area contributed by atoms with Crippen LogP contribution < -0.4 is 4.90 Å². The second kappa shape index (κ2) is 7.77. The number of hydrogen-bond donors (Lipinski definition) is 0. The van der Waals surface area contributed by atoms with Gasteiger partial charge in [-0.05, 0) is 35.6 Å². The Hall–Kier alpha value is -2.70. The summed E-state index contributed by atoms with van der Waals surface area (Å²) in [4.78, 5) is 38.7. The summed E-state index contributed by atoms with van der Waals surface area (Å²) in [5.74, 6) is -0.697. The van der Waals surface area contributed by atoms with E-state index in [0.29, 0.717) is 45.4 Å². The zero-order chi connectivity index (χ0) is 22.5. The minimum absolute atomic E-state index is 0.0216. The number of benzene rings is 2. The van der Waals surface area contributed by atoms with Crippen molar-refractivity contribution in [2.45, 2.75) is 39.0 Å². The van der Waals surface area contributed by atoms with E-state index in [9.17, 15) is 19.7 Å². The van der Waals surface area contributed by atoms with Gasteiger partial charge in [0.15, 0.2) is 5.78 Å². The lowest BCUT2D eigenvalue weighted by atomic mass is 9.69. The first kappa shape index (κ1) is 21.5. The topological polar surface area (TPSA) is 80.5 Å². The summed E-state index contributed by atoms with van der Waals surface area (Å²) in [5, 5.41) is 11.7. The molecule has 160 valence electrons. The van der Waals surface area contributed by atoms with Gasteiger partial charge in [0.1, 0.15) is 0 Å². The number of anilines is 1. The molecule has 2 aromatic carbocycles. The van der Waals surface area contributed by atoms with Crippen molar-refractivity contribution in [1.29, 1.82) is 0 Å². The lowest BCUT2D eigenvalue weighted by molar-refractivity contribution is -0.384. The Labute approximate surface area is 189 Å². The number of ketones is 1. The molecule has 1 aliphatic heterocycles. The molecule has 6 nitrogen and oxygen atoms in total. The standard InChI is InChI=1S/C23H20Cl2N2O4/c1-23(2)11-18-21(19(28)12-23)16(15-4-3-5-17(24)22(15)25)10-20(29)26(18)13-6-8-14(9-7-13)27(30)31/h3-9,16H,10-12H2,1-2H3. The first-order valence-electron chi connectivity index (χ1n) is 9.86. The van der Waals surface area contributed by atoms with Crippen LogP contribution in [-0.2, 0) is 9.59 Å². The summed E-state index contributed by atoms with van der Waals surface area (Å²) >= 11 is 12.7. The number of carbonyl (C=O) groups excluding carboxylic acids is 2. The SMILES string of the molecule is CC1(C)CC(=O)C2=C(C1)N(c1ccc([N+](=O)[O-])cc1)C(=O)CC2c1cccc(Cl)c1Cl. The maximum Gasteiger partial charge on any atom is 0.269 e. The van der Waals surface area contributed by atoms with E-state index >= 15 is 0 Å². The average molecular weight is 459 g/mol. The highest BCUT2D eigenvalue weighted by Gasteiger charge is 2.44. The van der Waals surface area contributed by atoms with Gasteiger partial charge in [-0.15, -0.1) is 0 Å². The van der Waals surface area contributed by atoms with Gasteiger partial charge in [-0.25, -0.2) is 0 Å². The van der Waals surface area contributed by atoms with E-state index in [1.807, 2.05) is 13.8 Å². The monoisotopic (exact) mass is 458 g/mol. The van der Waals surface area contributed by atoms with E-state index in [2.05, 4.69) is 0 Å². The third-order valence-electron chi connectivity index (χ3n) is 5.82. The van der Waals surface area contributed by atoms with Crippen LogP contribution in [0, 0.1) is 15.5 Å². The summed E-state index contributed by atoms with van der Waals surface area (Å²) in [6.07, 6.45) is 0.941. The van der Waals surface area contributed by atoms with Crippen LogP contribution >= 0.6 is 23.2 Å². The molecule has 0 saturated heterocycles. The molecule has 0 aromatic heterocycles. The summed E-state index contributed by atoms with van der Waals surface area (Å²) in [5.41, 5.74) is 1.98. The van der Waals surface area contributed by atoms with Crippen LogP contribution in [0.5, 0.6) is 0 Å². The van der Waals surface area contributed by atoms with Crippen LogP contribution in [-0.4, -0.2) is 16.6 Å². The Morgan fingerprint density at radius 1 is 1.06 bits per heavy atom. The highest BCUT2D eigenvalue weighted by Crippen LogP contribution is 2.49. The van der Waals surface area contributed by atoms with Crippen molar-refractivity contribution in [2.24, 2.45) is 5.41 Å². The number of Topliss-reactive ketones (excluding diaryl/α,β-unsaturated/α-hetero) is 1. The average Bonchev–Trinajstić information content (AvgIpc) is 2.68. The van der Waals surface area contributed by atoms with Crippen LogP contribution in [0.15, 0.2) is 53.7 Å². The van der Waals surface area contributed by atoms with Crippen molar-refractivity contribution < 1.29 is 14.5 Å². The van der Waals surface area contributed by atoms with Crippen molar-refractivity contribution in [3.8, 4) is 0 Å². The number of rotatable bonds is 3. The third-order valence-corrected chi connectivity index (χ3v) is 6.65. The summed E-state index contributed by atoms with van der Waals surface area (Å²) < 4.78 is 0. The number of non-ortho nitro benzene ring substituents is 1. The minimum Gasteiger partial charge on any atom is -0.294 e. The smallest absolute Gasteiger partial charge is 0.269 e. The molecule has 0 saturated carbocycles. The van der Waals surface area contributed by atoms with Crippen molar-refractivity contribution >= 4 is 46.3 Å². The van der Waals surface area contributed by atoms with Gasteiger partial charge < -0.3 is 0 Å². The second-order valence-corrected chi connectivity index (χ2v) is 9.49. The van der Waals surface area contributed by atoms with Gasteiger partial charge in [0.25, 0.3) is 5.69 Å².